The Morgan fingerprint density at radius 3 is 2.09 bits per heavy atom. The molecule has 4 atom stereocenters. The molecule has 4 nitrogen and oxygen atoms in total. The lowest BCUT2D eigenvalue weighted by Crippen LogP contribution is -2.50. The lowest BCUT2D eigenvalue weighted by atomic mass is 9.61. The van der Waals surface area contributed by atoms with Gasteiger partial charge in [0.25, 0.3) is 0 Å². The average molecular weight is 322 g/mol. The van der Waals surface area contributed by atoms with Crippen LogP contribution in [0.25, 0.3) is 0 Å². The number of carbonyl (C=O) groups is 2. The largest absolute Gasteiger partial charge is 0.465 e. The van der Waals surface area contributed by atoms with Gasteiger partial charge in [0, 0.05) is 0 Å². The van der Waals surface area contributed by atoms with Gasteiger partial charge >= 0.3 is 11.9 Å². The Balaban J connectivity index is 1.85. The molecule has 3 fully saturated rings. The van der Waals surface area contributed by atoms with Crippen LogP contribution in [0.2, 0.25) is 0 Å². The monoisotopic (exact) mass is 322 g/mol. The van der Waals surface area contributed by atoms with E-state index in [9.17, 15) is 9.59 Å². The second-order valence-electron chi connectivity index (χ2n) is 7.66. The van der Waals surface area contributed by atoms with Crippen LogP contribution in [0.15, 0.2) is 0 Å². The van der Waals surface area contributed by atoms with E-state index < -0.39 is 5.41 Å². The van der Waals surface area contributed by atoms with Gasteiger partial charge in [-0.1, -0.05) is 26.7 Å². The third kappa shape index (κ3) is 2.68. The summed E-state index contributed by atoms with van der Waals surface area (Å²) < 4.78 is 10.9. The topological polar surface area (TPSA) is 52.6 Å². The summed E-state index contributed by atoms with van der Waals surface area (Å²) in [6.45, 7) is 4.75. The molecule has 0 heterocycles. The molecule has 3 saturated carbocycles. The van der Waals surface area contributed by atoms with E-state index in [0.717, 1.165) is 31.6 Å². The van der Waals surface area contributed by atoms with Crippen molar-refractivity contribution < 1.29 is 19.1 Å². The molecule has 3 rings (SSSR count). The lowest BCUT2D eigenvalue weighted by Gasteiger charge is -2.43. The first-order valence-electron chi connectivity index (χ1n) is 9.49. The molecule has 0 N–H and O–H groups in total. The summed E-state index contributed by atoms with van der Waals surface area (Å²) in [7, 11) is 0. The van der Waals surface area contributed by atoms with Gasteiger partial charge in [0.2, 0.25) is 0 Å². The summed E-state index contributed by atoms with van der Waals surface area (Å²) in [5, 5.41) is 0. The fourth-order valence-electron chi connectivity index (χ4n) is 5.51. The second kappa shape index (κ2) is 6.82. The molecule has 0 aromatic heterocycles. The molecule has 3 aliphatic rings. The van der Waals surface area contributed by atoms with Crippen molar-refractivity contribution in [1.82, 2.24) is 0 Å². The minimum absolute atomic E-state index is 0.145. The predicted molar refractivity (Wildman–Crippen MR) is 86.6 cm³/mol. The van der Waals surface area contributed by atoms with E-state index in [1.54, 1.807) is 0 Å². The molecule has 4 heteroatoms. The summed E-state index contributed by atoms with van der Waals surface area (Å²) >= 11 is 0. The van der Waals surface area contributed by atoms with Gasteiger partial charge in [-0.15, -0.1) is 0 Å². The molecule has 0 spiro atoms. The summed E-state index contributed by atoms with van der Waals surface area (Å²) in [5.74, 6) is 1.28. The van der Waals surface area contributed by atoms with Crippen LogP contribution in [0, 0.1) is 29.1 Å². The summed E-state index contributed by atoms with van der Waals surface area (Å²) in [5.41, 5.74) is -1.01. The molecule has 2 bridgehead atoms. The highest BCUT2D eigenvalue weighted by Crippen LogP contribution is 2.65. The van der Waals surface area contributed by atoms with Gasteiger partial charge in [0.05, 0.1) is 13.2 Å². The zero-order valence-corrected chi connectivity index (χ0v) is 14.5. The number of carbonyl (C=O) groups excluding carboxylic acids is 2. The fraction of sp³-hybridized carbons (Fsp3) is 0.895. The Bertz CT molecular complexity index is 438. The smallest absolute Gasteiger partial charge is 0.323 e. The number of rotatable bonds is 6. The van der Waals surface area contributed by atoms with Crippen LogP contribution < -0.4 is 0 Å². The predicted octanol–water partition coefficient (Wildman–Crippen LogP) is 3.73. The van der Waals surface area contributed by atoms with Gasteiger partial charge < -0.3 is 9.47 Å². The van der Waals surface area contributed by atoms with Gasteiger partial charge in [-0.25, -0.2) is 0 Å². The third-order valence-corrected chi connectivity index (χ3v) is 6.37. The molecular weight excluding hydrogens is 292 g/mol. The Labute approximate surface area is 139 Å². The summed E-state index contributed by atoms with van der Waals surface area (Å²) in [6.07, 6.45) is 8.21. The average Bonchev–Trinajstić information content (AvgIpc) is 3.15. The molecule has 0 saturated heterocycles. The van der Waals surface area contributed by atoms with E-state index in [2.05, 4.69) is 0 Å². The Kier molecular flexibility index (Phi) is 4.98. The standard InChI is InChI=1S/C19H30O4/c1-3-9-22-17(20)19(18(21)23-10-4-2)12-13-11-16(19)15-8-6-5-7-14(13)15/h13-16H,3-12H2,1-2H3. The van der Waals surface area contributed by atoms with Crippen molar-refractivity contribution in [3.63, 3.8) is 0 Å². The zero-order valence-electron chi connectivity index (χ0n) is 14.5. The number of hydrogen-bond acceptors (Lipinski definition) is 4. The molecule has 23 heavy (non-hydrogen) atoms. The first kappa shape index (κ1) is 16.8. The third-order valence-electron chi connectivity index (χ3n) is 6.37. The molecule has 4 unspecified atom stereocenters. The van der Waals surface area contributed by atoms with Gasteiger partial charge in [-0.2, -0.15) is 0 Å². The van der Waals surface area contributed by atoms with E-state index in [-0.39, 0.29) is 17.9 Å². The van der Waals surface area contributed by atoms with Gasteiger partial charge in [-0.05, 0) is 62.2 Å². The molecule has 3 aliphatic carbocycles. The number of hydrogen-bond donors (Lipinski definition) is 0. The quantitative estimate of drug-likeness (QED) is 0.552. The van der Waals surface area contributed by atoms with Crippen molar-refractivity contribution in [3.05, 3.63) is 0 Å². The van der Waals surface area contributed by atoms with E-state index >= 15 is 0 Å². The highest BCUT2D eigenvalue weighted by molar-refractivity contribution is 6.01. The van der Waals surface area contributed by atoms with Crippen molar-refractivity contribution in [1.29, 1.82) is 0 Å². The van der Waals surface area contributed by atoms with Crippen molar-refractivity contribution in [2.45, 2.75) is 65.2 Å². The molecule has 130 valence electrons. The summed E-state index contributed by atoms with van der Waals surface area (Å²) in [6, 6.07) is 0. The van der Waals surface area contributed by atoms with Crippen LogP contribution >= 0.6 is 0 Å². The molecule has 0 aromatic rings. The Hall–Kier alpha value is -1.06. The van der Waals surface area contributed by atoms with Crippen molar-refractivity contribution >= 4 is 11.9 Å². The highest BCUT2D eigenvalue weighted by atomic mass is 16.6. The first-order valence-corrected chi connectivity index (χ1v) is 9.49. The number of ether oxygens (including phenoxy) is 2. The van der Waals surface area contributed by atoms with Gasteiger partial charge in [0.15, 0.2) is 5.41 Å². The zero-order chi connectivity index (χ0) is 16.4. The van der Waals surface area contributed by atoms with Crippen molar-refractivity contribution in [2.24, 2.45) is 29.1 Å². The molecule has 0 aliphatic heterocycles. The van der Waals surface area contributed by atoms with Crippen LogP contribution in [0.4, 0.5) is 0 Å². The van der Waals surface area contributed by atoms with Gasteiger partial charge in [-0.3, -0.25) is 9.59 Å². The SMILES string of the molecule is CCCOC(=O)C1(C(=O)OCCC)CC2CC1C1CCCCC21. The van der Waals surface area contributed by atoms with Crippen molar-refractivity contribution in [2.75, 3.05) is 13.2 Å². The summed E-state index contributed by atoms with van der Waals surface area (Å²) in [4.78, 5) is 25.7. The molecule has 0 radical (unpaired) electrons. The minimum atomic E-state index is -1.01. The second-order valence-corrected chi connectivity index (χ2v) is 7.66. The van der Waals surface area contributed by atoms with Crippen LogP contribution in [-0.2, 0) is 19.1 Å². The van der Waals surface area contributed by atoms with Crippen LogP contribution in [0.5, 0.6) is 0 Å². The van der Waals surface area contributed by atoms with Crippen LogP contribution in [0.1, 0.15) is 65.2 Å². The maximum absolute atomic E-state index is 12.9. The minimum Gasteiger partial charge on any atom is -0.465 e. The number of esters is 2. The van der Waals surface area contributed by atoms with E-state index in [4.69, 9.17) is 9.47 Å². The highest BCUT2D eigenvalue weighted by Gasteiger charge is 2.68. The Morgan fingerprint density at radius 2 is 1.52 bits per heavy atom. The maximum atomic E-state index is 12.9. The molecule has 0 amide bonds. The molecule has 0 aromatic carbocycles. The van der Waals surface area contributed by atoms with Gasteiger partial charge in [0.1, 0.15) is 0 Å². The van der Waals surface area contributed by atoms with Crippen LogP contribution in [0.3, 0.4) is 0 Å². The Morgan fingerprint density at radius 1 is 0.957 bits per heavy atom. The molecular formula is C19H30O4. The van der Waals surface area contributed by atoms with E-state index in [1.165, 1.54) is 19.3 Å². The van der Waals surface area contributed by atoms with E-state index in [1.807, 2.05) is 13.8 Å². The number of fused-ring (bicyclic) bond motifs is 5. The maximum Gasteiger partial charge on any atom is 0.323 e. The van der Waals surface area contributed by atoms with Crippen molar-refractivity contribution in [3.8, 4) is 0 Å². The van der Waals surface area contributed by atoms with Crippen LogP contribution in [-0.4, -0.2) is 25.2 Å². The first-order chi connectivity index (χ1) is 11.1. The fourth-order valence-corrected chi connectivity index (χ4v) is 5.51. The normalized spacial score (nSPS) is 34.0. The van der Waals surface area contributed by atoms with E-state index in [0.29, 0.717) is 31.5 Å². The lowest BCUT2D eigenvalue weighted by molar-refractivity contribution is -0.180.